The van der Waals surface area contributed by atoms with Crippen LogP contribution in [0.25, 0.3) is 10.9 Å². The van der Waals surface area contributed by atoms with Gasteiger partial charge < -0.3 is 10.6 Å². The second-order valence-corrected chi connectivity index (χ2v) is 6.02. The van der Waals surface area contributed by atoms with Crippen LogP contribution >= 0.6 is 11.6 Å². The van der Waals surface area contributed by atoms with Gasteiger partial charge in [-0.1, -0.05) is 23.7 Å². The van der Waals surface area contributed by atoms with Gasteiger partial charge in [0, 0.05) is 22.5 Å². The van der Waals surface area contributed by atoms with Gasteiger partial charge in [-0.2, -0.15) is 0 Å². The minimum Gasteiger partial charge on any atom is -0.348 e. The van der Waals surface area contributed by atoms with Gasteiger partial charge in [0.1, 0.15) is 5.69 Å². The van der Waals surface area contributed by atoms with Gasteiger partial charge in [-0.25, -0.2) is 4.98 Å². The molecule has 5 heteroatoms. The summed E-state index contributed by atoms with van der Waals surface area (Å²) in [6, 6.07) is 9.82. The van der Waals surface area contributed by atoms with Gasteiger partial charge in [0.25, 0.3) is 5.91 Å². The van der Waals surface area contributed by atoms with Crippen LogP contribution in [-0.4, -0.2) is 29.5 Å². The fourth-order valence-electron chi connectivity index (χ4n) is 2.74. The van der Waals surface area contributed by atoms with Crippen molar-refractivity contribution in [2.24, 2.45) is 0 Å². The van der Waals surface area contributed by atoms with Gasteiger partial charge in [-0.3, -0.25) is 4.79 Å². The average Bonchev–Trinajstić information content (AvgIpc) is 2.46. The highest BCUT2D eigenvalue weighted by atomic mass is 35.5. The van der Waals surface area contributed by atoms with Crippen LogP contribution in [-0.2, 0) is 0 Å². The molecular weight excluding hydrogens is 286 g/mol. The van der Waals surface area contributed by atoms with E-state index in [1.807, 2.05) is 18.2 Å². The summed E-state index contributed by atoms with van der Waals surface area (Å²) < 4.78 is 0. The van der Waals surface area contributed by atoms with Crippen LogP contribution in [0.5, 0.6) is 0 Å². The lowest BCUT2D eigenvalue weighted by Gasteiger charge is -2.28. The molecule has 1 aliphatic rings. The first kappa shape index (κ1) is 14.3. The lowest BCUT2D eigenvalue weighted by molar-refractivity contribution is 0.0921. The Labute approximate surface area is 128 Å². The summed E-state index contributed by atoms with van der Waals surface area (Å²) in [5.74, 6) is -0.115. The molecule has 2 heterocycles. The van der Waals surface area contributed by atoms with E-state index < -0.39 is 0 Å². The Bertz CT molecular complexity index is 674. The Morgan fingerprint density at radius 3 is 3.00 bits per heavy atom. The zero-order valence-electron chi connectivity index (χ0n) is 11.9. The number of hydrogen-bond donors (Lipinski definition) is 2. The number of aromatic nitrogens is 1. The molecule has 2 aromatic rings. The van der Waals surface area contributed by atoms with E-state index in [-0.39, 0.29) is 11.9 Å². The molecule has 4 nitrogen and oxygen atoms in total. The van der Waals surface area contributed by atoms with Crippen LogP contribution in [0.4, 0.5) is 0 Å². The van der Waals surface area contributed by atoms with Crippen molar-refractivity contribution in [3.05, 3.63) is 41.0 Å². The van der Waals surface area contributed by atoms with Gasteiger partial charge >= 0.3 is 0 Å². The normalized spacial score (nSPS) is 22.2. The van der Waals surface area contributed by atoms with Gasteiger partial charge in [-0.05, 0) is 44.5 Å². The molecule has 2 N–H and O–H groups in total. The van der Waals surface area contributed by atoms with E-state index in [0.29, 0.717) is 16.8 Å². The van der Waals surface area contributed by atoms with Crippen molar-refractivity contribution in [3.63, 3.8) is 0 Å². The molecule has 1 aromatic carbocycles. The Morgan fingerprint density at radius 2 is 2.19 bits per heavy atom. The van der Waals surface area contributed by atoms with Gasteiger partial charge in [0.15, 0.2) is 0 Å². The van der Waals surface area contributed by atoms with E-state index >= 15 is 0 Å². The molecule has 21 heavy (non-hydrogen) atoms. The molecule has 1 fully saturated rings. The summed E-state index contributed by atoms with van der Waals surface area (Å²) in [4.78, 5) is 16.7. The first-order valence-electron chi connectivity index (χ1n) is 7.22. The molecule has 1 aromatic heterocycles. The van der Waals surface area contributed by atoms with Crippen LogP contribution in [0, 0.1) is 0 Å². The molecular formula is C16H18ClN3O. The highest BCUT2D eigenvalue weighted by Crippen LogP contribution is 2.18. The molecule has 0 bridgehead atoms. The van der Waals surface area contributed by atoms with Crippen LogP contribution in [0.15, 0.2) is 30.3 Å². The van der Waals surface area contributed by atoms with E-state index in [2.05, 4.69) is 22.5 Å². The summed E-state index contributed by atoms with van der Waals surface area (Å²) in [5.41, 5.74) is 1.18. The number of piperidine rings is 1. The van der Waals surface area contributed by atoms with Crippen molar-refractivity contribution in [2.45, 2.75) is 31.8 Å². The number of halogens is 1. The number of hydrogen-bond acceptors (Lipinski definition) is 3. The Hall–Kier alpha value is -1.65. The number of fused-ring (bicyclic) bond motifs is 1. The maximum absolute atomic E-state index is 12.3. The largest absolute Gasteiger partial charge is 0.348 e. The number of rotatable bonds is 2. The SMILES string of the molecule is CC1CC(NC(=O)c2ccc3ccc(Cl)cc3n2)CCN1. The number of nitrogens with one attached hydrogen (secondary N) is 2. The van der Waals surface area contributed by atoms with Crippen LogP contribution in [0.2, 0.25) is 5.02 Å². The summed E-state index contributed by atoms with van der Waals surface area (Å²) >= 11 is 5.97. The summed E-state index contributed by atoms with van der Waals surface area (Å²) in [5, 5.41) is 8.05. The third-order valence-electron chi connectivity index (χ3n) is 3.85. The Balaban J connectivity index is 1.77. The van der Waals surface area contributed by atoms with E-state index in [1.54, 1.807) is 12.1 Å². The van der Waals surface area contributed by atoms with Gasteiger partial charge in [0.2, 0.25) is 0 Å². The van der Waals surface area contributed by atoms with Crippen molar-refractivity contribution in [3.8, 4) is 0 Å². The molecule has 3 rings (SSSR count). The maximum atomic E-state index is 12.3. The van der Waals surface area contributed by atoms with Crippen molar-refractivity contribution in [1.82, 2.24) is 15.6 Å². The smallest absolute Gasteiger partial charge is 0.270 e. The Morgan fingerprint density at radius 1 is 1.38 bits per heavy atom. The number of benzene rings is 1. The standard InChI is InChI=1S/C16H18ClN3O/c1-10-8-13(6-7-18-10)19-16(21)14-5-3-11-2-4-12(17)9-15(11)20-14/h2-5,9-10,13,18H,6-8H2,1H3,(H,19,21). The van der Waals surface area contributed by atoms with Gasteiger partial charge in [-0.15, -0.1) is 0 Å². The van der Waals surface area contributed by atoms with Crippen LogP contribution < -0.4 is 10.6 Å². The second-order valence-electron chi connectivity index (χ2n) is 5.58. The number of amides is 1. The third kappa shape index (κ3) is 3.34. The number of carbonyl (C=O) groups is 1. The molecule has 2 unspecified atom stereocenters. The molecule has 1 saturated heterocycles. The minimum atomic E-state index is -0.115. The lowest BCUT2D eigenvalue weighted by atomic mass is 10.0. The number of nitrogens with zero attached hydrogens (tertiary/aromatic N) is 1. The number of pyridine rings is 1. The maximum Gasteiger partial charge on any atom is 0.270 e. The first-order valence-corrected chi connectivity index (χ1v) is 7.60. The van der Waals surface area contributed by atoms with Crippen LogP contribution in [0.3, 0.4) is 0 Å². The van der Waals surface area contributed by atoms with E-state index in [1.165, 1.54) is 0 Å². The highest BCUT2D eigenvalue weighted by Gasteiger charge is 2.21. The lowest BCUT2D eigenvalue weighted by Crippen LogP contribution is -2.46. The molecule has 0 saturated carbocycles. The fraction of sp³-hybridized carbons (Fsp3) is 0.375. The minimum absolute atomic E-state index is 0.115. The molecule has 0 aliphatic carbocycles. The monoisotopic (exact) mass is 303 g/mol. The molecule has 1 aliphatic heterocycles. The third-order valence-corrected chi connectivity index (χ3v) is 4.08. The Kier molecular flexibility index (Phi) is 4.08. The summed E-state index contributed by atoms with van der Waals surface area (Å²) in [7, 11) is 0. The molecule has 0 radical (unpaired) electrons. The molecule has 110 valence electrons. The molecule has 0 spiro atoms. The second kappa shape index (κ2) is 6.00. The summed E-state index contributed by atoms with van der Waals surface area (Å²) in [6.45, 7) is 3.07. The summed E-state index contributed by atoms with van der Waals surface area (Å²) in [6.07, 6.45) is 1.90. The van der Waals surface area contributed by atoms with Crippen molar-refractivity contribution in [2.75, 3.05) is 6.54 Å². The van der Waals surface area contributed by atoms with Crippen molar-refractivity contribution in [1.29, 1.82) is 0 Å². The predicted molar refractivity (Wildman–Crippen MR) is 84.7 cm³/mol. The molecule has 1 amide bonds. The zero-order chi connectivity index (χ0) is 14.8. The quantitative estimate of drug-likeness (QED) is 0.897. The molecule has 2 atom stereocenters. The zero-order valence-corrected chi connectivity index (χ0v) is 12.7. The first-order chi connectivity index (χ1) is 10.1. The number of carbonyl (C=O) groups excluding carboxylic acids is 1. The van der Waals surface area contributed by atoms with E-state index in [9.17, 15) is 4.79 Å². The van der Waals surface area contributed by atoms with Gasteiger partial charge in [0.05, 0.1) is 5.52 Å². The van der Waals surface area contributed by atoms with Crippen molar-refractivity contribution >= 4 is 28.4 Å². The fourth-order valence-corrected chi connectivity index (χ4v) is 2.91. The van der Waals surface area contributed by atoms with E-state index in [4.69, 9.17) is 11.6 Å². The highest BCUT2D eigenvalue weighted by molar-refractivity contribution is 6.31. The predicted octanol–water partition coefficient (Wildman–Crippen LogP) is 2.76. The van der Waals surface area contributed by atoms with E-state index in [0.717, 1.165) is 30.3 Å². The van der Waals surface area contributed by atoms with Crippen molar-refractivity contribution < 1.29 is 4.79 Å². The topological polar surface area (TPSA) is 54.0 Å². The average molecular weight is 304 g/mol. The van der Waals surface area contributed by atoms with Crippen LogP contribution in [0.1, 0.15) is 30.3 Å².